The summed E-state index contributed by atoms with van der Waals surface area (Å²) in [5, 5.41) is 4.68. The minimum atomic E-state index is -0.0589. The highest BCUT2D eigenvalue weighted by Gasteiger charge is 2.23. The molecule has 4 rings (SSSR count). The first-order valence-corrected chi connectivity index (χ1v) is 8.51. The van der Waals surface area contributed by atoms with Gasteiger partial charge in [0.1, 0.15) is 11.2 Å². The van der Waals surface area contributed by atoms with Gasteiger partial charge < -0.3 is 14.2 Å². The zero-order valence-corrected chi connectivity index (χ0v) is 15.6. The molecule has 0 saturated heterocycles. The molecule has 0 radical (unpaired) electrons. The summed E-state index contributed by atoms with van der Waals surface area (Å²) in [5.74, 6) is 2.37. The van der Waals surface area contributed by atoms with Gasteiger partial charge >= 0.3 is 0 Å². The highest BCUT2D eigenvalue weighted by molar-refractivity contribution is 5.84. The molecule has 1 aromatic carbocycles. The first-order chi connectivity index (χ1) is 13.1. The van der Waals surface area contributed by atoms with Crippen LogP contribution < -0.4 is 19.8 Å². The number of hydrogen-bond acceptors (Lipinski definition) is 6. The molecule has 0 N–H and O–H groups in total. The number of benzene rings is 1. The fraction of sp³-hybridized carbons (Fsp3) is 0.316. The van der Waals surface area contributed by atoms with Gasteiger partial charge in [0.15, 0.2) is 17.1 Å². The van der Waals surface area contributed by atoms with Gasteiger partial charge in [0.25, 0.3) is 5.56 Å². The molecule has 3 heterocycles. The lowest BCUT2D eigenvalue weighted by molar-refractivity contribution is 0.324. The van der Waals surface area contributed by atoms with E-state index in [4.69, 9.17) is 14.2 Å². The number of nitrogens with zero attached hydrogens (tertiary/aromatic N) is 4. The third-order valence-electron chi connectivity index (χ3n) is 4.77. The Labute approximate surface area is 155 Å². The molecule has 0 amide bonds. The molecule has 0 fully saturated rings. The number of fused-ring (bicyclic) bond motifs is 2. The van der Waals surface area contributed by atoms with Crippen LogP contribution in [0.15, 0.2) is 23.1 Å². The maximum Gasteiger partial charge on any atom is 0.264 e. The predicted octanol–water partition coefficient (Wildman–Crippen LogP) is 2.10. The number of ether oxygens (including phenoxy) is 3. The van der Waals surface area contributed by atoms with Crippen LogP contribution >= 0.6 is 0 Å². The highest BCUT2D eigenvalue weighted by atomic mass is 16.5. The van der Waals surface area contributed by atoms with Gasteiger partial charge in [0, 0.05) is 13.6 Å². The van der Waals surface area contributed by atoms with Crippen LogP contribution in [0.2, 0.25) is 0 Å². The van der Waals surface area contributed by atoms with E-state index in [0.29, 0.717) is 40.7 Å². The molecule has 0 spiro atoms. The van der Waals surface area contributed by atoms with Crippen LogP contribution in [0.5, 0.6) is 17.2 Å². The summed E-state index contributed by atoms with van der Waals surface area (Å²) < 4.78 is 19.5. The molecule has 0 aliphatic carbocycles. The third kappa shape index (κ3) is 2.64. The quantitative estimate of drug-likeness (QED) is 0.702. The Bertz CT molecular complexity index is 1100. The summed E-state index contributed by atoms with van der Waals surface area (Å²) in [4.78, 5) is 17.4. The first kappa shape index (κ1) is 17.1. The maximum atomic E-state index is 12.7. The van der Waals surface area contributed by atoms with Gasteiger partial charge in [0.05, 0.1) is 27.5 Å². The van der Waals surface area contributed by atoms with Crippen LogP contribution in [0.25, 0.3) is 22.7 Å². The van der Waals surface area contributed by atoms with Gasteiger partial charge in [-0.2, -0.15) is 5.10 Å². The number of aromatic nitrogens is 4. The molecule has 1 aliphatic heterocycles. The summed E-state index contributed by atoms with van der Waals surface area (Å²) in [5.41, 5.74) is 2.39. The van der Waals surface area contributed by atoms with Gasteiger partial charge in [-0.25, -0.2) is 4.98 Å². The second-order valence-electron chi connectivity index (χ2n) is 6.28. The molecule has 3 aromatic rings. The third-order valence-corrected chi connectivity index (χ3v) is 4.77. The summed E-state index contributed by atoms with van der Waals surface area (Å²) in [6, 6.07) is 3.75. The molecule has 0 bridgehead atoms. The Morgan fingerprint density at radius 3 is 2.44 bits per heavy atom. The van der Waals surface area contributed by atoms with Crippen LogP contribution in [-0.2, 0) is 13.6 Å². The van der Waals surface area contributed by atoms with Crippen LogP contribution in [0.3, 0.4) is 0 Å². The topological polar surface area (TPSA) is 80.4 Å². The average Bonchev–Trinajstić information content (AvgIpc) is 3.26. The van der Waals surface area contributed by atoms with Crippen LogP contribution in [-0.4, -0.2) is 40.7 Å². The Balaban J connectivity index is 1.86. The van der Waals surface area contributed by atoms with E-state index >= 15 is 0 Å². The number of aryl methyl sites for hydroxylation is 1. The fourth-order valence-electron chi connectivity index (χ4n) is 3.44. The Morgan fingerprint density at radius 1 is 1.11 bits per heavy atom. The zero-order valence-electron chi connectivity index (χ0n) is 15.6. The molecule has 1 aliphatic rings. The SMILES string of the molecule is COc1cc(/C=C2\CCn3c2nc2c(cnn2C)c3=O)cc(OC)c1OC. The van der Waals surface area contributed by atoms with Crippen molar-refractivity contribution in [2.45, 2.75) is 13.0 Å². The molecule has 8 nitrogen and oxygen atoms in total. The van der Waals surface area contributed by atoms with Crippen molar-refractivity contribution in [3.8, 4) is 17.2 Å². The zero-order chi connectivity index (χ0) is 19.1. The molecule has 0 saturated carbocycles. The largest absolute Gasteiger partial charge is 0.493 e. The summed E-state index contributed by atoms with van der Waals surface area (Å²) in [7, 11) is 6.52. The summed E-state index contributed by atoms with van der Waals surface area (Å²) in [6.45, 7) is 0.599. The van der Waals surface area contributed by atoms with Crippen LogP contribution in [0.4, 0.5) is 0 Å². The number of methoxy groups -OCH3 is 3. The van der Waals surface area contributed by atoms with Crippen molar-refractivity contribution >= 4 is 22.7 Å². The molecule has 140 valence electrons. The number of rotatable bonds is 4. The summed E-state index contributed by atoms with van der Waals surface area (Å²) >= 11 is 0. The number of allylic oxidation sites excluding steroid dienone is 1. The smallest absolute Gasteiger partial charge is 0.264 e. The highest BCUT2D eigenvalue weighted by Crippen LogP contribution is 2.39. The lowest BCUT2D eigenvalue weighted by Crippen LogP contribution is -2.20. The molecular formula is C19H20N4O4. The summed E-state index contributed by atoms with van der Waals surface area (Å²) in [6.07, 6.45) is 4.29. The first-order valence-electron chi connectivity index (χ1n) is 8.51. The average molecular weight is 368 g/mol. The van der Waals surface area contributed by atoms with Crippen molar-refractivity contribution in [3.63, 3.8) is 0 Å². The Morgan fingerprint density at radius 2 is 1.81 bits per heavy atom. The van der Waals surface area contributed by atoms with Gasteiger partial charge in [-0.15, -0.1) is 0 Å². The lowest BCUT2D eigenvalue weighted by atomic mass is 10.1. The van der Waals surface area contributed by atoms with E-state index < -0.39 is 0 Å². The van der Waals surface area contributed by atoms with Crippen molar-refractivity contribution in [2.75, 3.05) is 21.3 Å². The predicted molar refractivity (Wildman–Crippen MR) is 101 cm³/mol. The van der Waals surface area contributed by atoms with Crippen molar-refractivity contribution in [3.05, 3.63) is 40.1 Å². The normalized spacial score (nSPS) is 14.6. The Kier molecular flexibility index (Phi) is 4.10. The van der Waals surface area contributed by atoms with E-state index in [1.165, 1.54) is 0 Å². The number of hydrogen-bond donors (Lipinski definition) is 0. The van der Waals surface area contributed by atoms with Crippen molar-refractivity contribution in [1.82, 2.24) is 19.3 Å². The second-order valence-corrected chi connectivity index (χ2v) is 6.28. The second kappa shape index (κ2) is 6.46. The molecule has 8 heteroatoms. The maximum absolute atomic E-state index is 12.7. The van der Waals surface area contributed by atoms with Crippen molar-refractivity contribution in [1.29, 1.82) is 0 Å². The molecular weight excluding hydrogens is 348 g/mol. The van der Waals surface area contributed by atoms with E-state index in [0.717, 1.165) is 17.6 Å². The van der Waals surface area contributed by atoms with E-state index in [2.05, 4.69) is 10.1 Å². The van der Waals surface area contributed by atoms with E-state index in [-0.39, 0.29) is 5.56 Å². The molecule has 0 atom stereocenters. The minimum Gasteiger partial charge on any atom is -0.493 e. The van der Waals surface area contributed by atoms with Gasteiger partial charge in [-0.05, 0) is 35.8 Å². The fourth-order valence-corrected chi connectivity index (χ4v) is 3.44. The molecule has 2 aromatic heterocycles. The van der Waals surface area contributed by atoms with Crippen molar-refractivity contribution in [2.24, 2.45) is 7.05 Å². The minimum absolute atomic E-state index is 0.0589. The van der Waals surface area contributed by atoms with Gasteiger partial charge in [-0.3, -0.25) is 14.0 Å². The molecule has 27 heavy (non-hydrogen) atoms. The van der Waals surface area contributed by atoms with Gasteiger partial charge in [0.2, 0.25) is 5.75 Å². The van der Waals surface area contributed by atoms with Crippen molar-refractivity contribution < 1.29 is 14.2 Å². The van der Waals surface area contributed by atoms with Crippen LogP contribution in [0, 0.1) is 0 Å². The van der Waals surface area contributed by atoms with E-state index in [1.54, 1.807) is 43.8 Å². The standard InChI is InChI=1S/C19H20N4O4/c1-22-18-13(10-20-22)19(24)23-6-5-12(17(23)21-18)7-11-8-14(25-2)16(27-4)15(9-11)26-3/h7-10H,5-6H2,1-4H3/b12-7+. The monoisotopic (exact) mass is 368 g/mol. The van der Waals surface area contributed by atoms with Crippen LogP contribution in [0.1, 0.15) is 17.8 Å². The van der Waals surface area contributed by atoms with E-state index in [9.17, 15) is 4.79 Å². The molecule has 0 unspecified atom stereocenters. The van der Waals surface area contributed by atoms with E-state index in [1.807, 2.05) is 18.2 Å². The lowest BCUT2D eigenvalue weighted by Gasteiger charge is -2.13. The Hall–Kier alpha value is -3.29. The van der Waals surface area contributed by atoms with Gasteiger partial charge in [-0.1, -0.05) is 0 Å².